The molecule has 1 atom stereocenters. The van der Waals surface area contributed by atoms with Crippen LogP contribution in [0.5, 0.6) is 0 Å². The molecule has 1 saturated heterocycles. The van der Waals surface area contributed by atoms with Crippen LogP contribution in [0.15, 0.2) is 18.2 Å². The van der Waals surface area contributed by atoms with E-state index in [0.29, 0.717) is 35.1 Å². The molecular formula is C14H19Cl2N3O3S. The largest absolute Gasteiger partial charge is 0.323 e. The number of piperidine rings is 1. The number of para-hydroxylation sites is 1. The number of nitrogens with zero attached hydrogens (tertiary/aromatic N) is 2. The molecule has 0 spiro atoms. The van der Waals surface area contributed by atoms with Crippen LogP contribution in [-0.4, -0.2) is 50.1 Å². The highest BCUT2D eigenvalue weighted by Crippen LogP contribution is 2.31. The number of rotatable bonds is 4. The fraction of sp³-hybridized carbons (Fsp3) is 0.500. The van der Waals surface area contributed by atoms with E-state index in [9.17, 15) is 13.2 Å². The summed E-state index contributed by atoms with van der Waals surface area (Å²) in [5, 5.41) is 3.40. The summed E-state index contributed by atoms with van der Waals surface area (Å²) in [7, 11) is -0.572. The Hall–Kier alpha value is -0.860. The maximum atomic E-state index is 12.5. The molecule has 2 rings (SSSR count). The van der Waals surface area contributed by atoms with Crippen molar-refractivity contribution >= 4 is 45.0 Å². The molecule has 1 fully saturated rings. The molecule has 128 valence electrons. The first-order valence-corrected chi connectivity index (χ1v) is 9.31. The van der Waals surface area contributed by atoms with Crippen molar-refractivity contribution in [3.63, 3.8) is 0 Å². The number of benzene rings is 1. The number of hydrogen-bond donors (Lipinski definition) is 1. The minimum atomic E-state index is -3.52. The minimum absolute atomic E-state index is 0.147. The molecule has 9 heteroatoms. The molecule has 1 unspecified atom stereocenters. The highest BCUT2D eigenvalue weighted by atomic mass is 35.5. The molecule has 1 aromatic rings. The van der Waals surface area contributed by atoms with Gasteiger partial charge in [0.15, 0.2) is 0 Å². The van der Waals surface area contributed by atoms with Crippen LogP contribution in [0, 0.1) is 5.92 Å². The third kappa shape index (κ3) is 4.16. The molecule has 23 heavy (non-hydrogen) atoms. The Balaban J connectivity index is 2.11. The van der Waals surface area contributed by atoms with E-state index < -0.39 is 16.1 Å². The van der Waals surface area contributed by atoms with E-state index in [-0.39, 0.29) is 12.5 Å². The predicted octanol–water partition coefficient (Wildman–Crippen LogP) is 2.45. The van der Waals surface area contributed by atoms with Gasteiger partial charge in [0.25, 0.3) is 10.2 Å². The second-order valence-corrected chi connectivity index (χ2v) is 8.53. The third-order valence-electron chi connectivity index (χ3n) is 3.75. The van der Waals surface area contributed by atoms with E-state index in [4.69, 9.17) is 23.2 Å². The summed E-state index contributed by atoms with van der Waals surface area (Å²) in [5.41, 5.74) is 0.355. The molecule has 1 heterocycles. The number of carbonyl (C=O) groups is 1. The number of amides is 1. The van der Waals surface area contributed by atoms with Crippen LogP contribution < -0.4 is 5.32 Å². The van der Waals surface area contributed by atoms with Gasteiger partial charge >= 0.3 is 0 Å². The van der Waals surface area contributed by atoms with Crippen LogP contribution in [0.3, 0.4) is 0 Å². The fourth-order valence-corrected chi connectivity index (χ4v) is 4.12. The molecule has 0 radical (unpaired) electrons. The van der Waals surface area contributed by atoms with Crippen molar-refractivity contribution in [3.8, 4) is 0 Å². The van der Waals surface area contributed by atoms with Gasteiger partial charge in [-0.05, 0) is 25.0 Å². The molecular weight excluding hydrogens is 361 g/mol. The Morgan fingerprint density at radius 2 is 1.91 bits per heavy atom. The van der Waals surface area contributed by atoms with Gasteiger partial charge in [0.05, 0.1) is 21.7 Å². The van der Waals surface area contributed by atoms with Crippen LogP contribution in [0.25, 0.3) is 0 Å². The average Bonchev–Trinajstić information content (AvgIpc) is 2.51. The molecule has 1 aliphatic rings. The van der Waals surface area contributed by atoms with Gasteiger partial charge in [-0.25, -0.2) is 0 Å². The third-order valence-corrected chi connectivity index (χ3v) is 6.29. The van der Waals surface area contributed by atoms with Crippen molar-refractivity contribution in [2.45, 2.75) is 12.8 Å². The summed E-state index contributed by atoms with van der Waals surface area (Å²) in [6.45, 7) is 0.561. The van der Waals surface area contributed by atoms with Crippen molar-refractivity contribution in [2.24, 2.45) is 5.92 Å². The summed E-state index contributed by atoms with van der Waals surface area (Å²) >= 11 is 12.1. The van der Waals surface area contributed by atoms with Crippen molar-refractivity contribution in [2.75, 3.05) is 32.5 Å². The lowest BCUT2D eigenvalue weighted by atomic mass is 9.98. The van der Waals surface area contributed by atoms with Crippen LogP contribution in [0.1, 0.15) is 12.8 Å². The SMILES string of the molecule is CN(C)S(=O)(=O)N1CCCC(C(=O)Nc2c(Cl)cccc2Cl)C1. The Kier molecular flexibility index (Phi) is 5.91. The van der Waals surface area contributed by atoms with Gasteiger partial charge in [0.1, 0.15) is 0 Å². The van der Waals surface area contributed by atoms with Crippen LogP contribution >= 0.6 is 23.2 Å². The number of hydrogen-bond acceptors (Lipinski definition) is 3. The molecule has 1 amide bonds. The molecule has 1 aliphatic heterocycles. The van der Waals surface area contributed by atoms with Gasteiger partial charge < -0.3 is 5.32 Å². The van der Waals surface area contributed by atoms with Gasteiger partial charge in [-0.3, -0.25) is 4.79 Å². The van der Waals surface area contributed by atoms with Gasteiger partial charge in [-0.1, -0.05) is 29.3 Å². The van der Waals surface area contributed by atoms with Crippen LogP contribution in [0.2, 0.25) is 10.0 Å². The van der Waals surface area contributed by atoms with Crippen molar-refractivity contribution in [3.05, 3.63) is 28.2 Å². The second kappa shape index (κ2) is 7.36. The first kappa shape index (κ1) is 18.5. The molecule has 1 N–H and O–H groups in total. The Labute approximate surface area is 146 Å². The van der Waals surface area contributed by atoms with E-state index in [1.54, 1.807) is 18.2 Å². The van der Waals surface area contributed by atoms with Gasteiger partial charge in [0.2, 0.25) is 5.91 Å². The number of halogens is 2. The summed E-state index contributed by atoms with van der Waals surface area (Å²) in [5.74, 6) is -0.718. The van der Waals surface area contributed by atoms with E-state index in [1.807, 2.05) is 0 Å². The van der Waals surface area contributed by atoms with E-state index in [1.165, 1.54) is 18.4 Å². The number of anilines is 1. The second-order valence-electron chi connectivity index (χ2n) is 5.57. The molecule has 0 aromatic heterocycles. The average molecular weight is 380 g/mol. The normalized spacial score (nSPS) is 19.8. The molecule has 6 nitrogen and oxygen atoms in total. The Morgan fingerprint density at radius 3 is 2.48 bits per heavy atom. The minimum Gasteiger partial charge on any atom is -0.323 e. The first-order chi connectivity index (χ1) is 10.7. The molecule has 0 bridgehead atoms. The maximum absolute atomic E-state index is 12.5. The van der Waals surface area contributed by atoms with Crippen molar-refractivity contribution in [1.82, 2.24) is 8.61 Å². The summed E-state index contributed by atoms with van der Waals surface area (Å²) in [6.07, 6.45) is 1.24. The van der Waals surface area contributed by atoms with E-state index in [0.717, 1.165) is 4.31 Å². The summed E-state index contributed by atoms with van der Waals surface area (Å²) in [4.78, 5) is 12.5. The zero-order chi connectivity index (χ0) is 17.2. The molecule has 1 aromatic carbocycles. The quantitative estimate of drug-likeness (QED) is 0.873. The lowest BCUT2D eigenvalue weighted by Gasteiger charge is -2.32. The first-order valence-electron chi connectivity index (χ1n) is 7.16. The van der Waals surface area contributed by atoms with E-state index >= 15 is 0 Å². The Morgan fingerprint density at radius 1 is 1.30 bits per heavy atom. The zero-order valence-corrected chi connectivity index (χ0v) is 15.2. The zero-order valence-electron chi connectivity index (χ0n) is 12.9. The highest BCUT2D eigenvalue weighted by molar-refractivity contribution is 7.86. The highest BCUT2D eigenvalue weighted by Gasteiger charge is 2.33. The van der Waals surface area contributed by atoms with Gasteiger partial charge in [0, 0.05) is 27.2 Å². The van der Waals surface area contributed by atoms with Crippen LogP contribution in [0.4, 0.5) is 5.69 Å². The lowest BCUT2D eigenvalue weighted by molar-refractivity contribution is -0.120. The molecule has 0 aliphatic carbocycles. The van der Waals surface area contributed by atoms with E-state index in [2.05, 4.69) is 5.32 Å². The standard InChI is InChI=1S/C14H19Cl2N3O3S/c1-18(2)23(21,22)19-8-4-5-10(9-19)14(20)17-13-11(15)6-3-7-12(13)16/h3,6-7,10H,4-5,8-9H2,1-2H3,(H,17,20). The van der Waals surface area contributed by atoms with Crippen molar-refractivity contribution < 1.29 is 13.2 Å². The smallest absolute Gasteiger partial charge is 0.281 e. The number of carbonyl (C=O) groups excluding carboxylic acids is 1. The Bertz CT molecular complexity index is 674. The lowest BCUT2D eigenvalue weighted by Crippen LogP contribution is -2.47. The summed E-state index contributed by atoms with van der Waals surface area (Å²) in [6, 6.07) is 4.95. The fourth-order valence-electron chi connectivity index (χ4n) is 2.44. The number of nitrogens with one attached hydrogen (secondary N) is 1. The van der Waals surface area contributed by atoms with Gasteiger partial charge in [-0.15, -0.1) is 0 Å². The van der Waals surface area contributed by atoms with Crippen molar-refractivity contribution in [1.29, 1.82) is 0 Å². The predicted molar refractivity (Wildman–Crippen MR) is 92.0 cm³/mol. The maximum Gasteiger partial charge on any atom is 0.281 e. The van der Waals surface area contributed by atoms with Crippen LogP contribution in [-0.2, 0) is 15.0 Å². The monoisotopic (exact) mass is 379 g/mol. The molecule has 0 saturated carbocycles. The summed E-state index contributed by atoms with van der Waals surface area (Å²) < 4.78 is 26.9. The van der Waals surface area contributed by atoms with Gasteiger partial charge in [-0.2, -0.15) is 17.0 Å². The topological polar surface area (TPSA) is 69.7 Å².